The summed E-state index contributed by atoms with van der Waals surface area (Å²) in [7, 11) is 1.49. The average molecular weight is 491 g/mol. The number of rotatable bonds is 9. The van der Waals surface area contributed by atoms with Gasteiger partial charge in [0.05, 0.1) is 12.8 Å². The number of hydrogen-bond acceptors (Lipinski definition) is 6. The van der Waals surface area contributed by atoms with E-state index >= 15 is 0 Å². The second kappa shape index (κ2) is 12.5. The van der Waals surface area contributed by atoms with Crippen LogP contribution in [0.5, 0.6) is 5.75 Å². The fourth-order valence-corrected chi connectivity index (χ4v) is 2.67. The largest absolute Gasteiger partial charge is 0.483 e. The van der Waals surface area contributed by atoms with E-state index in [9.17, 15) is 14.4 Å². The highest BCUT2D eigenvalue weighted by Crippen LogP contribution is 2.22. The van der Waals surface area contributed by atoms with Crippen LogP contribution in [0.25, 0.3) is 0 Å². The molecule has 2 rings (SSSR count). The number of amides is 3. The Morgan fingerprint density at radius 3 is 2.55 bits per heavy atom. The predicted octanol–water partition coefficient (Wildman–Crippen LogP) is 1.99. The first-order chi connectivity index (χ1) is 14.9. The highest BCUT2D eigenvalue weighted by molar-refractivity contribution is 9.10. The first kappa shape index (κ1) is 24.0. The van der Waals surface area contributed by atoms with Crippen LogP contribution in [0.4, 0.5) is 5.69 Å². The molecule has 0 radical (unpaired) electrons. The minimum Gasteiger partial charge on any atom is -0.483 e. The zero-order valence-corrected chi connectivity index (χ0v) is 18.7. The quantitative estimate of drug-likeness (QED) is 0.215. The van der Waals surface area contributed by atoms with Crippen LogP contribution in [0.3, 0.4) is 0 Å². The fraction of sp³-hybridized carbons (Fsp3) is 0.238. The molecule has 2 aromatic rings. The molecular weight excluding hydrogens is 468 g/mol. The third-order valence-electron chi connectivity index (χ3n) is 3.83. The average Bonchev–Trinajstić information content (AvgIpc) is 2.74. The Balaban J connectivity index is 1.93. The molecule has 0 saturated carbocycles. The van der Waals surface area contributed by atoms with Gasteiger partial charge < -0.3 is 20.1 Å². The first-order valence-corrected chi connectivity index (χ1v) is 10.1. The molecule has 164 valence electrons. The normalized spacial score (nSPS) is 10.5. The number of nitrogens with one attached hydrogen (secondary N) is 3. The molecule has 0 heterocycles. The van der Waals surface area contributed by atoms with E-state index in [2.05, 4.69) is 37.1 Å². The molecule has 0 bridgehead atoms. The van der Waals surface area contributed by atoms with Gasteiger partial charge in [-0.15, -0.1) is 0 Å². The number of carbonyl (C=O) groups excluding carboxylic acids is 3. The van der Waals surface area contributed by atoms with Crippen molar-refractivity contribution in [1.82, 2.24) is 10.7 Å². The van der Waals surface area contributed by atoms with Crippen molar-refractivity contribution in [2.45, 2.75) is 6.92 Å². The van der Waals surface area contributed by atoms with E-state index in [1.54, 1.807) is 30.3 Å². The third kappa shape index (κ3) is 8.57. The maximum absolute atomic E-state index is 12.1. The summed E-state index contributed by atoms with van der Waals surface area (Å²) in [6.45, 7) is 2.24. The number of ether oxygens (including phenoxy) is 2. The molecule has 0 unspecified atom stereocenters. The molecule has 31 heavy (non-hydrogen) atoms. The number of hydrogen-bond donors (Lipinski definition) is 3. The highest BCUT2D eigenvalue weighted by atomic mass is 79.9. The number of methoxy groups -OCH3 is 1. The summed E-state index contributed by atoms with van der Waals surface area (Å²) in [6, 6.07) is 12.5. The second-order valence-corrected chi connectivity index (χ2v) is 7.25. The Morgan fingerprint density at radius 2 is 1.84 bits per heavy atom. The van der Waals surface area contributed by atoms with Gasteiger partial charge in [-0.1, -0.05) is 33.6 Å². The number of benzene rings is 2. The summed E-state index contributed by atoms with van der Waals surface area (Å²) in [5.41, 5.74) is 4.39. The molecule has 0 saturated heterocycles. The topological polar surface area (TPSA) is 118 Å². The van der Waals surface area contributed by atoms with Crippen molar-refractivity contribution in [2.24, 2.45) is 5.10 Å². The lowest BCUT2D eigenvalue weighted by atomic mass is 10.2. The predicted molar refractivity (Wildman–Crippen MR) is 120 cm³/mol. The molecule has 0 aromatic heterocycles. The van der Waals surface area contributed by atoms with E-state index in [1.165, 1.54) is 13.3 Å². The minimum absolute atomic E-state index is 0.209. The van der Waals surface area contributed by atoms with Gasteiger partial charge in [-0.05, 0) is 37.3 Å². The molecule has 3 N–H and O–H groups in total. The second-order valence-electron chi connectivity index (χ2n) is 6.33. The Morgan fingerprint density at radius 1 is 1.10 bits per heavy atom. The standard InChI is InChI=1S/C21H23BrN4O5/c1-14-3-6-17(7-4-14)25-19(27)13-31-18-8-5-16(22)11-15(18)12-24-26-21(29)20(28)23-9-10-30-2/h3-8,11-12H,9-10,13H2,1-2H3,(H,23,28)(H,25,27)(H,26,29)/b24-12-. The van der Waals surface area contributed by atoms with Crippen LogP contribution in [0.2, 0.25) is 0 Å². The number of aryl methyl sites for hydroxylation is 1. The number of anilines is 1. The van der Waals surface area contributed by atoms with Crippen molar-refractivity contribution < 1.29 is 23.9 Å². The molecule has 0 fully saturated rings. The highest BCUT2D eigenvalue weighted by Gasteiger charge is 2.12. The molecule has 0 spiro atoms. The summed E-state index contributed by atoms with van der Waals surface area (Å²) in [4.78, 5) is 35.5. The van der Waals surface area contributed by atoms with Gasteiger partial charge in [-0.2, -0.15) is 5.10 Å². The van der Waals surface area contributed by atoms with Crippen molar-refractivity contribution >= 4 is 45.6 Å². The third-order valence-corrected chi connectivity index (χ3v) is 4.33. The summed E-state index contributed by atoms with van der Waals surface area (Å²) in [5.74, 6) is -1.68. The van der Waals surface area contributed by atoms with Gasteiger partial charge in [0.15, 0.2) is 6.61 Å². The molecule has 10 heteroatoms. The van der Waals surface area contributed by atoms with E-state index in [-0.39, 0.29) is 19.1 Å². The number of carbonyl (C=O) groups is 3. The van der Waals surface area contributed by atoms with Crippen LogP contribution in [0, 0.1) is 6.92 Å². The molecule has 0 atom stereocenters. The SMILES string of the molecule is COCCNC(=O)C(=O)N/N=C\c1cc(Br)ccc1OCC(=O)Nc1ccc(C)cc1. The lowest BCUT2D eigenvalue weighted by Gasteiger charge is -2.10. The van der Waals surface area contributed by atoms with Crippen LogP contribution in [-0.4, -0.2) is 50.8 Å². The molecule has 0 aliphatic heterocycles. The molecule has 0 aliphatic carbocycles. The van der Waals surface area contributed by atoms with Crippen LogP contribution < -0.4 is 20.8 Å². The summed E-state index contributed by atoms with van der Waals surface area (Å²) in [6.07, 6.45) is 1.32. The first-order valence-electron chi connectivity index (χ1n) is 9.28. The molecule has 2 aromatic carbocycles. The van der Waals surface area contributed by atoms with Gasteiger partial charge in [0, 0.05) is 29.4 Å². The molecule has 0 aliphatic rings. The Hall–Kier alpha value is -3.24. The van der Waals surface area contributed by atoms with E-state index in [0.29, 0.717) is 23.6 Å². The number of nitrogens with zero attached hydrogens (tertiary/aromatic N) is 1. The lowest BCUT2D eigenvalue weighted by Crippen LogP contribution is -2.39. The van der Waals surface area contributed by atoms with Crippen LogP contribution in [0.15, 0.2) is 52.0 Å². The van der Waals surface area contributed by atoms with Crippen LogP contribution in [0.1, 0.15) is 11.1 Å². The van der Waals surface area contributed by atoms with E-state index in [1.807, 2.05) is 19.1 Å². The van der Waals surface area contributed by atoms with Crippen molar-refractivity contribution in [3.63, 3.8) is 0 Å². The summed E-state index contributed by atoms with van der Waals surface area (Å²) >= 11 is 3.35. The number of halogens is 1. The minimum atomic E-state index is -0.915. The van der Waals surface area contributed by atoms with Crippen molar-refractivity contribution in [3.05, 3.63) is 58.1 Å². The maximum Gasteiger partial charge on any atom is 0.329 e. The Bertz CT molecular complexity index is 947. The van der Waals surface area contributed by atoms with E-state index < -0.39 is 11.8 Å². The zero-order chi connectivity index (χ0) is 22.6. The van der Waals surface area contributed by atoms with Crippen molar-refractivity contribution in [1.29, 1.82) is 0 Å². The monoisotopic (exact) mass is 490 g/mol. The van der Waals surface area contributed by atoms with Gasteiger partial charge in [0.2, 0.25) is 0 Å². The van der Waals surface area contributed by atoms with Crippen LogP contribution in [-0.2, 0) is 19.1 Å². The summed E-state index contributed by atoms with van der Waals surface area (Å²) < 4.78 is 11.1. The lowest BCUT2D eigenvalue weighted by molar-refractivity contribution is -0.139. The van der Waals surface area contributed by atoms with Crippen molar-refractivity contribution in [3.8, 4) is 5.75 Å². The van der Waals surface area contributed by atoms with Gasteiger partial charge in [-0.25, -0.2) is 5.43 Å². The van der Waals surface area contributed by atoms with Gasteiger partial charge in [0.1, 0.15) is 5.75 Å². The van der Waals surface area contributed by atoms with Gasteiger partial charge >= 0.3 is 11.8 Å². The number of hydrazone groups is 1. The Labute approximate surface area is 188 Å². The van der Waals surface area contributed by atoms with Crippen LogP contribution >= 0.6 is 15.9 Å². The van der Waals surface area contributed by atoms with E-state index in [0.717, 1.165) is 10.0 Å². The van der Waals surface area contributed by atoms with Gasteiger partial charge in [-0.3, -0.25) is 14.4 Å². The molecule has 3 amide bonds. The van der Waals surface area contributed by atoms with E-state index in [4.69, 9.17) is 9.47 Å². The smallest absolute Gasteiger partial charge is 0.329 e. The Kier molecular flexibility index (Phi) is 9.66. The summed E-state index contributed by atoms with van der Waals surface area (Å²) in [5, 5.41) is 8.90. The molecule has 9 nitrogen and oxygen atoms in total. The maximum atomic E-state index is 12.1. The zero-order valence-electron chi connectivity index (χ0n) is 17.1. The van der Waals surface area contributed by atoms with Crippen molar-refractivity contribution in [2.75, 3.05) is 32.2 Å². The van der Waals surface area contributed by atoms with Gasteiger partial charge in [0.25, 0.3) is 5.91 Å². The fourth-order valence-electron chi connectivity index (χ4n) is 2.29. The molecular formula is C21H23BrN4O5.